The molecule has 7 nitrogen and oxygen atoms in total. The van der Waals surface area contributed by atoms with Gasteiger partial charge in [0.2, 0.25) is 10.0 Å². The number of rotatable bonds is 6. The Balaban J connectivity index is 1.54. The Morgan fingerprint density at radius 2 is 1.97 bits per heavy atom. The summed E-state index contributed by atoms with van der Waals surface area (Å²) in [5.41, 5.74) is 2.13. The molecule has 4 rings (SSSR count). The van der Waals surface area contributed by atoms with Gasteiger partial charge in [0.25, 0.3) is 5.91 Å². The molecule has 0 radical (unpaired) electrons. The van der Waals surface area contributed by atoms with Crippen LogP contribution in [0.3, 0.4) is 0 Å². The Morgan fingerprint density at radius 1 is 1.22 bits per heavy atom. The maximum Gasteiger partial charge on any atom is 0.257 e. The lowest BCUT2D eigenvalue weighted by Gasteiger charge is -2.34. The van der Waals surface area contributed by atoms with Crippen LogP contribution in [0.4, 0.5) is 5.13 Å². The topological polar surface area (TPSA) is 88.6 Å². The number of aromatic nitrogens is 1. The number of nitrogens with one attached hydrogen (secondary N) is 1. The Hall–Kier alpha value is -2.49. The predicted molar refractivity (Wildman–Crippen MR) is 127 cm³/mol. The second kappa shape index (κ2) is 9.17. The third kappa shape index (κ3) is 4.24. The first-order valence-electron chi connectivity index (χ1n) is 10.7. The van der Waals surface area contributed by atoms with E-state index in [1.54, 1.807) is 23.5 Å². The lowest BCUT2D eigenvalue weighted by Crippen LogP contribution is -2.43. The molecule has 1 aliphatic heterocycles. The molecule has 0 bridgehead atoms. The first-order valence-corrected chi connectivity index (χ1v) is 13.0. The third-order valence-electron chi connectivity index (χ3n) is 5.91. The highest BCUT2D eigenvalue weighted by Crippen LogP contribution is 2.35. The van der Waals surface area contributed by atoms with Crippen molar-refractivity contribution in [3.05, 3.63) is 47.5 Å². The number of piperidine rings is 1. The van der Waals surface area contributed by atoms with Crippen molar-refractivity contribution in [2.24, 2.45) is 0 Å². The molecule has 0 aliphatic carbocycles. The summed E-state index contributed by atoms with van der Waals surface area (Å²) < 4.78 is 34.2. The average molecular weight is 474 g/mol. The zero-order valence-corrected chi connectivity index (χ0v) is 20.1. The molecular formula is C23H27N3O4S2. The van der Waals surface area contributed by atoms with E-state index in [1.807, 2.05) is 26.0 Å². The highest BCUT2D eigenvalue weighted by molar-refractivity contribution is 7.89. The Kier molecular flexibility index (Phi) is 6.50. The highest BCUT2D eigenvalue weighted by Gasteiger charge is 2.32. The van der Waals surface area contributed by atoms with Crippen LogP contribution in [0.15, 0.2) is 41.3 Å². The number of anilines is 1. The average Bonchev–Trinajstić information content (AvgIpc) is 3.24. The van der Waals surface area contributed by atoms with Crippen LogP contribution < -0.4 is 10.1 Å². The fourth-order valence-corrected chi connectivity index (χ4v) is 6.82. The largest absolute Gasteiger partial charge is 0.494 e. The van der Waals surface area contributed by atoms with Crippen molar-refractivity contribution in [1.29, 1.82) is 0 Å². The van der Waals surface area contributed by atoms with Crippen LogP contribution in [0.5, 0.6) is 5.75 Å². The van der Waals surface area contributed by atoms with E-state index in [4.69, 9.17) is 4.74 Å². The molecule has 2 heterocycles. The van der Waals surface area contributed by atoms with Crippen LogP contribution in [0.25, 0.3) is 10.2 Å². The number of amides is 1. The SMILES string of the molecule is CCC1CCCCN1S(=O)(=O)c1ccc(C(=O)Nc2nc3c(OC)ccc(C)c3s2)cc1. The van der Waals surface area contributed by atoms with E-state index in [9.17, 15) is 13.2 Å². The van der Waals surface area contributed by atoms with E-state index >= 15 is 0 Å². The fourth-order valence-electron chi connectivity index (χ4n) is 4.11. The molecule has 1 atom stereocenters. The quantitative estimate of drug-likeness (QED) is 0.555. The number of carbonyl (C=O) groups is 1. The molecule has 170 valence electrons. The number of hydrogen-bond donors (Lipinski definition) is 1. The molecule has 1 amide bonds. The van der Waals surface area contributed by atoms with E-state index in [0.29, 0.717) is 28.5 Å². The zero-order chi connectivity index (χ0) is 22.9. The first-order chi connectivity index (χ1) is 15.3. The third-order valence-corrected chi connectivity index (χ3v) is 8.98. The number of sulfonamides is 1. The highest BCUT2D eigenvalue weighted by atomic mass is 32.2. The van der Waals surface area contributed by atoms with E-state index < -0.39 is 10.0 Å². The number of carbonyl (C=O) groups excluding carboxylic acids is 1. The molecule has 1 fully saturated rings. The first kappa shape index (κ1) is 22.7. The van der Waals surface area contributed by atoms with Crippen molar-refractivity contribution in [2.45, 2.75) is 50.5 Å². The summed E-state index contributed by atoms with van der Waals surface area (Å²) >= 11 is 1.38. The van der Waals surface area contributed by atoms with E-state index in [0.717, 1.165) is 35.9 Å². The summed E-state index contributed by atoms with van der Waals surface area (Å²) in [4.78, 5) is 17.5. The normalized spacial score (nSPS) is 17.4. The van der Waals surface area contributed by atoms with Gasteiger partial charge in [-0.05, 0) is 62.1 Å². The van der Waals surface area contributed by atoms with Crippen LogP contribution in [-0.4, -0.2) is 43.3 Å². The summed E-state index contributed by atoms with van der Waals surface area (Å²) in [6, 6.07) is 9.96. The van der Waals surface area contributed by atoms with Crippen LogP contribution in [0, 0.1) is 6.92 Å². The van der Waals surface area contributed by atoms with Gasteiger partial charge in [-0.2, -0.15) is 4.31 Å². The van der Waals surface area contributed by atoms with Crippen LogP contribution >= 0.6 is 11.3 Å². The van der Waals surface area contributed by atoms with Gasteiger partial charge in [0.1, 0.15) is 11.3 Å². The number of ether oxygens (including phenoxy) is 1. The van der Waals surface area contributed by atoms with Crippen molar-refractivity contribution < 1.29 is 17.9 Å². The zero-order valence-electron chi connectivity index (χ0n) is 18.4. The van der Waals surface area contributed by atoms with Gasteiger partial charge in [0.15, 0.2) is 5.13 Å². The molecule has 0 spiro atoms. The minimum atomic E-state index is -3.58. The molecule has 32 heavy (non-hydrogen) atoms. The van der Waals surface area contributed by atoms with Crippen molar-refractivity contribution in [3.8, 4) is 5.75 Å². The summed E-state index contributed by atoms with van der Waals surface area (Å²) in [5.74, 6) is 0.314. The lowest BCUT2D eigenvalue weighted by atomic mass is 10.0. The number of fused-ring (bicyclic) bond motifs is 1. The van der Waals surface area contributed by atoms with Gasteiger partial charge in [-0.1, -0.05) is 30.7 Å². The number of methoxy groups -OCH3 is 1. The van der Waals surface area contributed by atoms with Crippen molar-refractivity contribution in [3.63, 3.8) is 0 Å². The molecule has 0 saturated carbocycles. The fraction of sp³-hybridized carbons (Fsp3) is 0.391. The van der Waals surface area contributed by atoms with Crippen LogP contribution in [-0.2, 0) is 10.0 Å². The van der Waals surface area contributed by atoms with Gasteiger partial charge in [0.05, 0.1) is 16.7 Å². The molecule has 1 aliphatic rings. The minimum absolute atomic E-state index is 0.0382. The van der Waals surface area contributed by atoms with Gasteiger partial charge in [-0.25, -0.2) is 13.4 Å². The monoisotopic (exact) mass is 473 g/mol. The number of thiazole rings is 1. The molecule has 1 unspecified atom stereocenters. The Bertz CT molecular complexity index is 1240. The number of aryl methyl sites for hydroxylation is 1. The summed E-state index contributed by atoms with van der Waals surface area (Å²) in [7, 11) is -1.99. The smallest absolute Gasteiger partial charge is 0.257 e. The molecule has 1 aromatic heterocycles. The van der Waals surface area contributed by atoms with Gasteiger partial charge in [-0.15, -0.1) is 0 Å². The molecule has 1 saturated heterocycles. The maximum absolute atomic E-state index is 13.1. The standard InChI is InChI=1S/C23H27N3O4S2/c1-4-17-7-5-6-14-26(17)32(28,29)18-11-9-16(10-12-18)22(27)25-23-24-20-19(30-3)13-8-15(2)21(20)31-23/h8-13,17H,4-7,14H2,1-3H3,(H,24,25,27). The Morgan fingerprint density at radius 3 is 2.66 bits per heavy atom. The summed E-state index contributed by atoms with van der Waals surface area (Å²) in [5, 5.41) is 3.28. The van der Waals surface area contributed by atoms with Crippen molar-refractivity contribution in [2.75, 3.05) is 19.0 Å². The summed E-state index contributed by atoms with van der Waals surface area (Å²) in [6.07, 6.45) is 3.62. The lowest BCUT2D eigenvalue weighted by molar-refractivity contribution is 0.102. The summed E-state index contributed by atoms with van der Waals surface area (Å²) in [6.45, 7) is 4.55. The van der Waals surface area contributed by atoms with E-state index in [-0.39, 0.29) is 16.8 Å². The van der Waals surface area contributed by atoms with Crippen molar-refractivity contribution in [1.82, 2.24) is 9.29 Å². The molecule has 3 aromatic rings. The van der Waals surface area contributed by atoms with E-state index in [2.05, 4.69) is 10.3 Å². The maximum atomic E-state index is 13.1. The van der Waals surface area contributed by atoms with Crippen molar-refractivity contribution >= 4 is 42.6 Å². The van der Waals surface area contributed by atoms with Gasteiger partial charge in [0, 0.05) is 18.2 Å². The van der Waals surface area contributed by atoms with Crippen LogP contribution in [0.1, 0.15) is 48.5 Å². The number of hydrogen-bond acceptors (Lipinski definition) is 6. The van der Waals surface area contributed by atoms with Gasteiger partial charge < -0.3 is 4.74 Å². The molecule has 1 N–H and O–H groups in total. The number of benzene rings is 2. The number of nitrogens with zero attached hydrogens (tertiary/aromatic N) is 2. The van der Waals surface area contributed by atoms with Gasteiger partial charge in [-0.3, -0.25) is 10.1 Å². The molecular weight excluding hydrogens is 446 g/mol. The second-order valence-corrected chi connectivity index (χ2v) is 10.8. The second-order valence-electron chi connectivity index (χ2n) is 7.93. The molecule has 9 heteroatoms. The predicted octanol–water partition coefficient (Wildman–Crippen LogP) is 4.82. The minimum Gasteiger partial charge on any atom is -0.494 e. The van der Waals surface area contributed by atoms with E-state index in [1.165, 1.54) is 23.5 Å². The molecule has 2 aromatic carbocycles. The van der Waals surface area contributed by atoms with Gasteiger partial charge >= 0.3 is 0 Å². The van der Waals surface area contributed by atoms with Crippen LogP contribution in [0.2, 0.25) is 0 Å². The Labute approximate surface area is 192 Å².